The fraction of sp³-hybridized carbons (Fsp3) is 0.370. The maximum Gasteiger partial charge on any atom is 0.227 e. The molecule has 11 heteroatoms. The van der Waals surface area contributed by atoms with Gasteiger partial charge in [-0.3, -0.25) is 4.79 Å². The molecule has 2 saturated heterocycles. The smallest absolute Gasteiger partial charge is 0.227 e. The Morgan fingerprint density at radius 2 is 1.71 bits per heavy atom. The third kappa shape index (κ3) is 4.92. The average molecular weight is 532 g/mol. The molecule has 2 aliphatic heterocycles. The van der Waals surface area contributed by atoms with Crippen molar-refractivity contribution in [3.63, 3.8) is 0 Å². The van der Waals surface area contributed by atoms with Gasteiger partial charge >= 0.3 is 0 Å². The fourth-order valence-corrected chi connectivity index (χ4v) is 6.10. The molecule has 4 aromatic rings. The van der Waals surface area contributed by atoms with E-state index in [0.717, 1.165) is 50.7 Å². The average Bonchev–Trinajstić information content (AvgIpc) is 3.30. The molecule has 1 amide bonds. The molecule has 10 nitrogen and oxygen atoms in total. The molecule has 0 aliphatic carbocycles. The second-order valence-corrected chi connectivity index (χ2v) is 10.4. The van der Waals surface area contributed by atoms with Gasteiger partial charge < -0.3 is 25.0 Å². The minimum atomic E-state index is 0.134. The van der Waals surface area contributed by atoms with Gasteiger partial charge in [-0.2, -0.15) is 0 Å². The minimum Gasteiger partial charge on any atom is -0.378 e. The van der Waals surface area contributed by atoms with Crippen LogP contribution in [0, 0.1) is 6.92 Å². The number of morpholine rings is 2. The summed E-state index contributed by atoms with van der Waals surface area (Å²) in [6, 6.07) is 8.25. The Labute approximate surface area is 224 Å². The first-order valence-corrected chi connectivity index (χ1v) is 13.5. The highest BCUT2D eigenvalue weighted by molar-refractivity contribution is 7.23. The van der Waals surface area contributed by atoms with Crippen LogP contribution in [-0.4, -0.2) is 83.3 Å². The summed E-state index contributed by atoms with van der Waals surface area (Å²) in [6.07, 6.45) is 3.69. The first kappa shape index (κ1) is 24.7. The van der Waals surface area contributed by atoms with Gasteiger partial charge in [0.15, 0.2) is 11.6 Å². The summed E-state index contributed by atoms with van der Waals surface area (Å²) in [5.74, 6) is 1.80. The van der Waals surface area contributed by atoms with Crippen molar-refractivity contribution in [2.24, 2.45) is 0 Å². The number of thiophene rings is 1. The number of fused-ring (bicyclic) bond motifs is 1. The Morgan fingerprint density at radius 3 is 2.45 bits per heavy atom. The second-order valence-electron chi connectivity index (χ2n) is 9.40. The number of hydrogen-bond donors (Lipinski definition) is 1. The molecular weight excluding hydrogens is 502 g/mol. The van der Waals surface area contributed by atoms with Crippen molar-refractivity contribution < 1.29 is 14.3 Å². The summed E-state index contributed by atoms with van der Waals surface area (Å²) in [7, 11) is 0. The van der Waals surface area contributed by atoms with Crippen molar-refractivity contribution in [3.05, 3.63) is 47.8 Å². The minimum absolute atomic E-state index is 0.134. The molecule has 196 valence electrons. The van der Waals surface area contributed by atoms with Gasteiger partial charge in [0, 0.05) is 43.4 Å². The van der Waals surface area contributed by atoms with Crippen LogP contribution in [0.15, 0.2) is 36.7 Å². The largest absolute Gasteiger partial charge is 0.378 e. The number of anilines is 2. The van der Waals surface area contributed by atoms with E-state index in [0.29, 0.717) is 57.3 Å². The van der Waals surface area contributed by atoms with Crippen molar-refractivity contribution in [2.75, 3.05) is 63.2 Å². The van der Waals surface area contributed by atoms with Crippen molar-refractivity contribution >= 4 is 39.2 Å². The number of aromatic nitrogens is 4. The zero-order valence-electron chi connectivity index (χ0n) is 21.2. The topological polar surface area (TPSA) is 120 Å². The molecule has 5 heterocycles. The fourth-order valence-electron chi connectivity index (χ4n) is 4.84. The first-order valence-electron chi connectivity index (χ1n) is 12.7. The second kappa shape index (κ2) is 10.6. The van der Waals surface area contributed by atoms with Crippen LogP contribution < -0.4 is 10.6 Å². The molecule has 0 bridgehead atoms. The lowest BCUT2D eigenvalue weighted by Gasteiger charge is -2.28. The number of carbonyl (C=O) groups is 1. The number of rotatable bonds is 5. The highest BCUT2D eigenvalue weighted by Crippen LogP contribution is 2.42. The molecule has 0 atom stereocenters. The lowest BCUT2D eigenvalue weighted by Crippen LogP contribution is -2.41. The number of nitrogens with zero attached hydrogens (tertiary/aromatic N) is 6. The van der Waals surface area contributed by atoms with E-state index in [-0.39, 0.29) is 11.9 Å². The van der Waals surface area contributed by atoms with Crippen LogP contribution in [0.4, 0.5) is 11.8 Å². The predicted molar refractivity (Wildman–Crippen MR) is 147 cm³/mol. The van der Waals surface area contributed by atoms with E-state index in [4.69, 9.17) is 25.2 Å². The predicted octanol–water partition coefficient (Wildman–Crippen LogP) is 2.94. The maximum absolute atomic E-state index is 12.9. The standard InChI is InChI=1S/C27H29N7O3S/c1-17-22-24(26(34-7-11-37-12-8-34)32-25(31-22)20-15-29-27(28)30-16-20)38-23(17)19-4-2-3-18(13-19)14-21(35)33-5-9-36-10-6-33/h2-4,13,15-16H,5-12,14H2,1H3,(H2,28,29,30). The zero-order valence-corrected chi connectivity index (χ0v) is 22.0. The summed E-state index contributed by atoms with van der Waals surface area (Å²) in [5.41, 5.74) is 10.5. The number of benzene rings is 1. The van der Waals surface area contributed by atoms with E-state index in [1.807, 2.05) is 17.0 Å². The van der Waals surface area contributed by atoms with Crippen molar-refractivity contribution in [1.82, 2.24) is 24.8 Å². The van der Waals surface area contributed by atoms with E-state index in [1.54, 1.807) is 23.7 Å². The number of nitrogens with two attached hydrogens (primary N) is 1. The Balaban J connectivity index is 1.40. The van der Waals surface area contributed by atoms with E-state index >= 15 is 0 Å². The van der Waals surface area contributed by atoms with Gasteiger partial charge in [-0.15, -0.1) is 11.3 Å². The highest BCUT2D eigenvalue weighted by Gasteiger charge is 2.23. The van der Waals surface area contributed by atoms with Gasteiger partial charge in [-0.05, 0) is 29.7 Å². The summed E-state index contributed by atoms with van der Waals surface area (Å²) in [6.45, 7) is 7.43. The molecule has 6 rings (SSSR count). The molecule has 1 aromatic carbocycles. The molecule has 2 N–H and O–H groups in total. The molecule has 2 aliphatic rings. The summed E-state index contributed by atoms with van der Waals surface area (Å²) < 4.78 is 12.0. The molecule has 3 aromatic heterocycles. The maximum atomic E-state index is 12.9. The number of hydrogen-bond acceptors (Lipinski definition) is 10. The van der Waals surface area contributed by atoms with Crippen LogP contribution in [-0.2, 0) is 20.7 Å². The first-order chi connectivity index (χ1) is 18.6. The van der Waals surface area contributed by atoms with Crippen LogP contribution in [0.3, 0.4) is 0 Å². The lowest BCUT2D eigenvalue weighted by molar-refractivity contribution is -0.134. The van der Waals surface area contributed by atoms with Gasteiger partial charge in [0.2, 0.25) is 11.9 Å². The number of ether oxygens (including phenoxy) is 2. The Kier molecular flexibility index (Phi) is 6.88. The summed E-state index contributed by atoms with van der Waals surface area (Å²) in [5, 5.41) is 0. The number of nitrogen functional groups attached to an aromatic ring is 1. The Bertz CT molecular complexity index is 1460. The van der Waals surface area contributed by atoms with Crippen molar-refractivity contribution in [1.29, 1.82) is 0 Å². The van der Waals surface area contributed by atoms with Crippen LogP contribution in [0.5, 0.6) is 0 Å². The Morgan fingerprint density at radius 1 is 1.00 bits per heavy atom. The third-order valence-electron chi connectivity index (χ3n) is 6.90. The van der Waals surface area contributed by atoms with E-state index in [1.165, 1.54) is 0 Å². The van der Waals surface area contributed by atoms with Crippen molar-refractivity contribution in [2.45, 2.75) is 13.3 Å². The van der Waals surface area contributed by atoms with Gasteiger partial charge in [-0.25, -0.2) is 19.9 Å². The molecule has 0 spiro atoms. The van der Waals surface area contributed by atoms with Gasteiger partial charge in [0.25, 0.3) is 0 Å². The molecule has 38 heavy (non-hydrogen) atoms. The number of amides is 1. The van der Waals surface area contributed by atoms with Crippen LogP contribution >= 0.6 is 11.3 Å². The third-order valence-corrected chi connectivity index (χ3v) is 8.22. The van der Waals surface area contributed by atoms with E-state index in [9.17, 15) is 4.79 Å². The molecule has 2 fully saturated rings. The molecule has 0 saturated carbocycles. The monoisotopic (exact) mass is 531 g/mol. The van der Waals surface area contributed by atoms with Gasteiger partial charge in [0.1, 0.15) is 0 Å². The zero-order chi connectivity index (χ0) is 26.1. The summed E-state index contributed by atoms with van der Waals surface area (Å²) in [4.78, 5) is 36.3. The van der Waals surface area contributed by atoms with E-state index in [2.05, 4.69) is 33.9 Å². The number of aryl methyl sites for hydroxylation is 1. The number of carbonyl (C=O) groups excluding carboxylic acids is 1. The van der Waals surface area contributed by atoms with Crippen LogP contribution in [0.1, 0.15) is 11.1 Å². The lowest BCUT2D eigenvalue weighted by atomic mass is 10.0. The van der Waals surface area contributed by atoms with Crippen LogP contribution in [0.2, 0.25) is 0 Å². The quantitative estimate of drug-likeness (QED) is 0.414. The van der Waals surface area contributed by atoms with Gasteiger partial charge in [-0.1, -0.05) is 18.2 Å². The Hall–Kier alpha value is -3.67. The summed E-state index contributed by atoms with van der Waals surface area (Å²) >= 11 is 1.69. The van der Waals surface area contributed by atoms with Gasteiger partial charge in [0.05, 0.1) is 48.6 Å². The molecule has 0 unspecified atom stereocenters. The molecular formula is C27H29N7O3S. The van der Waals surface area contributed by atoms with E-state index < -0.39 is 0 Å². The van der Waals surface area contributed by atoms with Crippen LogP contribution in [0.25, 0.3) is 32.0 Å². The van der Waals surface area contributed by atoms with Crippen molar-refractivity contribution in [3.8, 4) is 21.8 Å². The SMILES string of the molecule is Cc1c(-c2cccc(CC(=O)N3CCOCC3)c2)sc2c(N3CCOCC3)nc(-c3cnc(N)nc3)nc12. The molecule has 0 radical (unpaired) electrons. The highest BCUT2D eigenvalue weighted by atomic mass is 32.1. The normalized spacial score (nSPS) is 16.2.